The molecule has 1 rings (SSSR count). The van der Waals surface area contributed by atoms with E-state index < -0.39 is 9.84 Å². The zero-order valence-corrected chi connectivity index (χ0v) is 17.9. The Hall–Kier alpha value is -1.03. The molecule has 0 fully saturated rings. The molecular weight excluding hydrogens is 332 g/mol. The van der Waals surface area contributed by atoms with Crippen molar-refractivity contribution in [2.45, 2.75) is 84.5 Å². The second-order valence-electron chi connectivity index (χ2n) is 8.80. The van der Waals surface area contributed by atoms with Crippen molar-refractivity contribution in [1.29, 1.82) is 0 Å². The van der Waals surface area contributed by atoms with Crippen LogP contribution in [0, 0.1) is 5.41 Å². The summed E-state index contributed by atoms with van der Waals surface area (Å²) in [7, 11) is -3.33. The van der Waals surface area contributed by atoms with Gasteiger partial charge in [-0.2, -0.15) is 0 Å². The minimum absolute atomic E-state index is 0.101. The fourth-order valence-corrected chi connectivity index (χ4v) is 4.92. The van der Waals surface area contributed by atoms with Crippen LogP contribution in [0.3, 0.4) is 0 Å². The fraction of sp³-hybridized carbons (Fsp3) is 0.714. The van der Waals surface area contributed by atoms with Crippen molar-refractivity contribution >= 4 is 9.84 Å². The molecule has 0 saturated carbocycles. The molecule has 0 amide bonds. The Labute approximate surface area is 155 Å². The second kappa shape index (κ2) is 8.57. The van der Waals surface area contributed by atoms with Gasteiger partial charge in [0, 0.05) is 0 Å². The number of unbranched alkanes of at least 4 members (excludes halogenated alkanes) is 1. The van der Waals surface area contributed by atoms with Gasteiger partial charge in [0.1, 0.15) is 10.6 Å². The molecule has 4 heteroatoms. The van der Waals surface area contributed by atoms with Crippen molar-refractivity contribution in [2.24, 2.45) is 5.41 Å². The molecule has 0 spiro atoms. The van der Waals surface area contributed by atoms with Gasteiger partial charge in [-0.15, -0.1) is 0 Å². The van der Waals surface area contributed by atoms with E-state index in [4.69, 9.17) is 4.74 Å². The van der Waals surface area contributed by atoms with Gasteiger partial charge < -0.3 is 4.74 Å². The summed E-state index contributed by atoms with van der Waals surface area (Å²) >= 11 is 0. The third kappa shape index (κ3) is 6.65. The monoisotopic (exact) mass is 368 g/mol. The first kappa shape index (κ1) is 22.0. The molecule has 0 heterocycles. The summed E-state index contributed by atoms with van der Waals surface area (Å²) in [6.45, 7) is 15.5. The zero-order chi connectivity index (χ0) is 19.3. The molecule has 0 aromatic heterocycles. The molecule has 0 aliphatic rings. The van der Waals surface area contributed by atoms with Gasteiger partial charge in [-0.25, -0.2) is 8.42 Å². The van der Waals surface area contributed by atoms with Crippen molar-refractivity contribution in [2.75, 3.05) is 12.4 Å². The third-order valence-corrected chi connectivity index (χ3v) is 6.20. The van der Waals surface area contributed by atoms with Gasteiger partial charge in [0.15, 0.2) is 9.84 Å². The van der Waals surface area contributed by atoms with E-state index in [9.17, 15) is 8.42 Å². The molecule has 0 unspecified atom stereocenters. The summed E-state index contributed by atoms with van der Waals surface area (Å²) in [6.07, 6.45) is 3.52. The summed E-state index contributed by atoms with van der Waals surface area (Å²) in [6, 6.07) is 5.72. The Morgan fingerprint density at radius 3 is 2.16 bits per heavy atom. The minimum atomic E-state index is -3.33. The number of sulfone groups is 1. The van der Waals surface area contributed by atoms with Gasteiger partial charge in [0.05, 0.1) is 12.4 Å². The van der Waals surface area contributed by atoms with Crippen molar-refractivity contribution < 1.29 is 13.2 Å². The van der Waals surface area contributed by atoms with E-state index in [1.807, 2.05) is 25.1 Å². The molecule has 0 radical (unpaired) electrons. The van der Waals surface area contributed by atoms with Crippen LogP contribution in [0.15, 0.2) is 23.1 Å². The lowest BCUT2D eigenvalue weighted by atomic mass is 9.72. The summed E-state index contributed by atoms with van der Waals surface area (Å²) in [4.78, 5) is 0.352. The molecule has 0 aliphatic heterocycles. The maximum atomic E-state index is 12.8. The van der Waals surface area contributed by atoms with E-state index in [-0.39, 0.29) is 16.6 Å². The molecule has 3 nitrogen and oxygen atoms in total. The molecule has 0 saturated heterocycles. The summed E-state index contributed by atoms with van der Waals surface area (Å²) in [5.41, 5.74) is 1.12. The number of ether oxygens (including phenoxy) is 1. The van der Waals surface area contributed by atoms with E-state index in [0.29, 0.717) is 23.7 Å². The van der Waals surface area contributed by atoms with Crippen LogP contribution in [-0.2, 0) is 15.3 Å². The predicted molar refractivity (Wildman–Crippen MR) is 106 cm³/mol. The van der Waals surface area contributed by atoms with Crippen LogP contribution in [0.25, 0.3) is 0 Å². The average Bonchev–Trinajstić information content (AvgIpc) is 2.45. The van der Waals surface area contributed by atoms with Gasteiger partial charge in [-0.1, -0.05) is 61.0 Å². The van der Waals surface area contributed by atoms with Crippen LogP contribution in [0.5, 0.6) is 5.75 Å². The Morgan fingerprint density at radius 2 is 1.64 bits per heavy atom. The molecule has 144 valence electrons. The highest BCUT2D eigenvalue weighted by molar-refractivity contribution is 7.91. The van der Waals surface area contributed by atoms with E-state index in [2.05, 4.69) is 41.5 Å². The highest BCUT2D eigenvalue weighted by Crippen LogP contribution is 2.39. The molecular formula is C21H36O3S. The van der Waals surface area contributed by atoms with Crippen LogP contribution >= 0.6 is 0 Å². The normalized spacial score (nSPS) is 13.1. The summed E-state index contributed by atoms with van der Waals surface area (Å²) in [5.74, 6) is 0.650. The standard InChI is InChI=1S/C21H36O3S/c1-8-10-13-24-18-12-11-17(21(6,7)16-20(3,4)5)15-19(18)25(22,23)14-9-2/h11-12,15H,8-10,13-14,16H2,1-7H3. The number of hydrogen-bond acceptors (Lipinski definition) is 3. The Bertz CT molecular complexity index is 652. The minimum Gasteiger partial charge on any atom is -0.492 e. The molecule has 0 N–H and O–H groups in total. The SMILES string of the molecule is CCCCOc1ccc(C(C)(C)CC(C)(C)C)cc1S(=O)(=O)CCC. The van der Waals surface area contributed by atoms with Gasteiger partial charge in [0.25, 0.3) is 0 Å². The van der Waals surface area contributed by atoms with Crippen molar-refractivity contribution in [1.82, 2.24) is 0 Å². The summed E-state index contributed by atoms with van der Waals surface area (Å²) < 4.78 is 31.3. The lowest BCUT2D eigenvalue weighted by Gasteiger charge is -2.33. The highest BCUT2D eigenvalue weighted by atomic mass is 32.2. The lowest BCUT2D eigenvalue weighted by molar-refractivity contribution is 0.282. The van der Waals surface area contributed by atoms with E-state index in [1.165, 1.54) is 0 Å². The Kier molecular flexibility index (Phi) is 7.54. The number of hydrogen-bond donors (Lipinski definition) is 0. The molecule has 1 aromatic rings. The van der Waals surface area contributed by atoms with Crippen LogP contribution in [0.1, 0.15) is 79.7 Å². The fourth-order valence-electron chi connectivity index (χ4n) is 3.42. The third-order valence-electron chi connectivity index (χ3n) is 4.26. The molecule has 25 heavy (non-hydrogen) atoms. The van der Waals surface area contributed by atoms with Crippen LogP contribution in [-0.4, -0.2) is 20.8 Å². The molecule has 0 aliphatic carbocycles. The first-order valence-corrected chi connectivity index (χ1v) is 11.1. The molecule has 0 atom stereocenters. The number of benzene rings is 1. The maximum absolute atomic E-state index is 12.8. The first-order valence-electron chi connectivity index (χ1n) is 9.43. The van der Waals surface area contributed by atoms with Crippen LogP contribution in [0.4, 0.5) is 0 Å². The summed E-state index contributed by atoms with van der Waals surface area (Å²) in [5, 5.41) is 0. The molecule has 1 aromatic carbocycles. The lowest BCUT2D eigenvalue weighted by Crippen LogP contribution is -2.25. The Balaban J connectivity index is 3.32. The van der Waals surface area contributed by atoms with Gasteiger partial charge >= 0.3 is 0 Å². The average molecular weight is 369 g/mol. The van der Waals surface area contributed by atoms with Crippen molar-refractivity contribution in [3.05, 3.63) is 23.8 Å². The van der Waals surface area contributed by atoms with Crippen molar-refractivity contribution in [3.63, 3.8) is 0 Å². The largest absolute Gasteiger partial charge is 0.492 e. The molecule has 0 bridgehead atoms. The maximum Gasteiger partial charge on any atom is 0.182 e. The Morgan fingerprint density at radius 1 is 1.00 bits per heavy atom. The topological polar surface area (TPSA) is 43.4 Å². The highest BCUT2D eigenvalue weighted by Gasteiger charge is 2.29. The van der Waals surface area contributed by atoms with E-state index in [0.717, 1.165) is 24.8 Å². The predicted octanol–water partition coefficient (Wildman–Crippen LogP) is 5.76. The van der Waals surface area contributed by atoms with E-state index >= 15 is 0 Å². The zero-order valence-electron chi connectivity index (χ0n) is 17.1. The van der Waals surface area contributed by atoms with Gasteiger partial charge in [0.2, 0.25) is 0 Å². The smallest absolute Gasteiger partial charge is 0.182 e. The van der Waals surface area contributed by atoms with Crippen LogP contribution in [0.2, 0.25) is 0 Å². The van der Waals surface area contributed by atoms with E-state index in [1.54, 1.807) is 0 Å². The van der Waals surface area contributed by atoms with Gasteiger partial charge in [-0.3, -0.25) is 0 Å². The first-order chi connectivity index (χ1) is 11.4. The second-order valence-corrected chi connectivity index (χ2v) is 10.9. The van der Waals surface area contributed by atoms with Crippen molar-refractivity contribution in [3.8, 4) is 5.75 Å². The van der Waals surface area contributed by atoms with Gasteiger partial charge in [-0.05, 0) is 47.8 Å². The quantitative estimate of drug-likeness (QED) is 0.520. The van der Waals surface area contributed by atoms with Crippen LogP contribution < -0.4 is 4.74 Å². The number of rotatable bonds is 9.